The molecule has 0 heterocycles. The molecule has 0 aromatic heterocycles. The molecule has 5 N–H and O–H groups in total. The fourth-order valence-corrected chi connectivity index (χ4v) is 3.29. The van der Waals surface area contributed by atoms with Gasteiger partial charge in [0.25, 0.3) is 0 Å². The van der Waals surface area contributed by atoms with Crippen molar-refractivity contribution in [2.45, 2.75) is 6.92 Å². The summed E-state index contributed by atoms with van der Waals surface area (Å²) in [6.45, 7) is 1.89. The largest absolute Gasteiger partial charge is 0.398 e. The van der Waals surface area contributed by atoms with Crippen LogP contribution in [0.1, 0.15) is 37.4 Å². The SMILES string of the molecule is Cc1c(N)cccc1Nc1ccc(N)c2c1C(=O)c1ccccc1C2=O. The minimum Gasteiger partial charge on any atom is -0.398 e. The van der Waals surface area contributed by atoms with Gasteiger partial charge in [-0.15, -0.1) is 0 Å². The number of hydrogen-bond donors (Lipinski definition) is 3. The van der Waals surface area contributed by atoms with Gasteiger partial charge in [-0.25, -0.2) is 0 Å². The minimum absolute atomic E-state index is 0.216. The molecule has 0 unspecified atom stereocenters. The highest BCUT2D eigenvalue weighted by Crippen LogP contribution is 2.37. The first-order chi connectivity index (χ1) is 12.5. The van der Waals surface area contributed by atoms with Crippen molar-refractivity contribution in [2.75, 3.05) is 16.8 Å². The maximum absolute atomic E-state index is 13.1. The van der Waals surface area contributed by atoms with Gasteiger partial charge in [0, 0.05) is 28.2 Å². The van der Waals surface area contributed by atoms with E-state index in [-0.39, 0.29) is 17.1 Å². The zero-order valence-corrected chi connectivity index (χ0v) is 14.2. The molecule has 5 nitrogen and oxygen atoms in total. The van der Waals surface area contributed by atoms with E-state index in [4.69, 9.17) is 11.5 Å². The van der Waals surface area contributed by atoms with E-state index in [1.807, 2.05) is 25.1 Å². The van der Waals surface area contributed by atoms with E-state index >= 15 is 0 Å². The van der Waals surface area contributed by atoms with Crippen LogP contribution in [0.5, 0.6) is 0 Å². The Bertz CT molecular complexity index is 1090. The molecule has 26 heavy (non-hydrogen) atoms. The van der Waals surface area contributed by atoms with Gasteiger partial charge in [-0.3, -0.25) is 9.59 Å². The zero-order valence-electron chi connectivity index (χ0n) is 14.2. The highest BCUT2D eigenvalue weighted by molar-refractivity contribution is 6.31. The number of ketones is 2. The number of benzene rings is 3. The molecule has 1 aliphatic carbocycles. The Balaban J connectivity index is 1.91. The van der Waals surface area contributed by atoms with Crippen LogP contribution in [0.15, 0.2) is 54.6 Å². The van der Waals surface area contributed by atoms with Crippen LogP contribution in [0.3, 0.4) is 0 Å². The van der Waals surface area contributed by atoms with Gasteiger partial charge in [0.1, 0.15) is 0 Å². The summed E-state index contributed by atoms with van der Waals surface area (Å²) in [4.78, 5) is 26.0. The van der Waals surface area contributed by atoms with Crippen molar-refractivity contribution < 1.29 is 9.59 Å². The van der Waals surface area contributed by atoms with Crippen molar-refractivity contribution >= 4 is 34.3 Å². The highest BCUT2D eigenvalue weighted by Gasteiger charge is 2.33. The molecule has 0 aliphatic heterocycles. The van der Waals surface area contributed by atoms with Crippen LogP contribution in [-0.4, -0.2) is 11.6 Å². The topological polar surface area (TPSA) is 98.2 Å². The first-order valence-corrected chi connectivity index (χ1v) is 8.22. The lowest BCUT2D eigenvalue weighted by molar-refractivity contribution is 0.0980. The molecule has 0 saturated carbocycles. The highest BCUT2D eigenvalue weighted by atomic mass is 16.1. The van der Waals surface area contributed by atoms with E-state index in [1.165, 1.54) is 0 Å². The number of carbonyl (C=O) groups is 2. The zero-order chi connectivity index (χ0) is 18.4. The molecular formula is C21H17N3O2. The van der Waals surface area contributed by atoms with Crippen molar-refractivity contribution in [3.63, 3.8) is 0 Å². The second-order valence-corrected chi connectivity index (χ2v) is 6.30. The van der Waals surface area contributed by atoms with Crippen LogP contribution in [0.4, 0.5) is 22.7 Å². The average Bonchev–Trinajstić information content (AvgIpc) is 2.64. The standard InChI is InChI=1S/C21H17N3O2/c1-11-14(22)7-4-8-16(11)24-17-10-9-15(23)18-19(17)21(26)13-6-3-2-5-12(13)20(18)25/h2-10,24H,22-23H2,1H3. The lowest BCUT2D eigenvalue weighted by atomic mass is 9.82. The maximum atomic E-state index is 13.1. The quantitative estimate of drug-likeness (QED) is 0.482. The first-order valence-electron chi connectivity index (χ1n) is 8.22. The number of nitrogen functional groups attached to an aromatic ring is 2. The molecule has 0 bridgehead atoms. The molecule has 0 atom stereocenters. The van der Waals surface area contributed by atoms with Crippen LogP contribution >= 0.6 is 0 Å². The monoisotopic (exact) mass is 343 g/mol. The number of anilines is 4. The van der Waals surface area contributed by atoms with Crippen molar-refractivity contribution in [3.8, 4) is 0 Å². The Labute approximate surface area is 150 Å². The molecule has 0 fully saturated rings. The molecule has 0 spiro atoms. The number of rotatable bonds is 2. The van der Waals surface area contributed by atoms with Crippen molar-refractivity contribution in [1.29, 1.82) is 0 Å². The van der Waals surface area contributed by atoms with E-state index in [0.717, 1.165) is 11.3 Å². The van der Waals surface area contributed by atoms with Crippen LogP contribution in [0.2, 0.25) is 0 Å². The molecular weight excluding hydrogens is 326 g/mol. The number of nitrogens with one attached hydrogen (secondary N) is 1. The summed E-state index contributed by atoms with van der Waals surface area (Å²) in [6, 6.07) is 15.7. The Morgan fingerprint density at radius 2 is 1.35 bits per heavy atom. The van der Waals surface area contributed by atoms with Gasteiger partial charge in [0.2, 0.25) is 0 Å². The molecule has 3 aromatic carbocycles. The third kappa shape index (κ3) is 2.25. The van der Waals surface area contributed by atoms with E-state index in [2.05, 4.69) is 5.32 Å². The van der Waals surface area contributed by atoms with Gasteiger partial charge in [0.15, 0.2) is 11.6 Å². The number of hydrogen-bond acceptors (Lipinski definition) is 5. The molecule has 0 amide bonds. The smallest absolute Gasteiger partial charge is 0.196 e. The summed E-state index contributed by atoms with van der Waals surface area (Å²) < 4.78 is 0. The summed E-state index contributed by atoms with van der Waals surface area (Å²) in [5, 5.41) is 3.24. The average molecular weight is 343 g/mol. The van der Waals surface area contributed by atoms with Gasteiger partial charge in [-0.1, -0.05) is 30.3 Å². The Morgan fingerprint density at radius 3 is 2.04 bits per heavy atom. The normalized spacial score (nSPS) is 12.5. The van der Waals surface area contributed by atoms with E-state index in [9.17, 15) is 9.59 Å². The molecule has 1 aliphatic rings. The first kappa shape index (κ1) is 15.9. The second-order valence-electron chi connectivity index (χ2n) is 6.30. The number of carbonyl (C=O) groups excluding carboxylic acids is 2. The Morgan fingerprint density at radius 1 is 0.692 bits per heavy atom. The predicted octanol–water partition coefficient (Wildman–Crippen LogP) is 3.68. The fourth-order valence-electron chi connectivity index (χ4n) is 3.29. The van der Waals surface area contributed by atoms with Crippen LogP contribution in [-0.2, 0) is 0 Å². The molecule has 5 heteroatoms. The maximum Gasteiger partial charge on any atom is 0.196 e. The third-order valence-electron chi connectivity index (χ3n) is 4.75. The minimum atomic E-state index is -0.236. The molecule has 0 saturated heterocycles. The van der Waals surface area contributed by atoms with Gasteiger partial charge in [-0.05, 0) is 36.8 Å². The van der Waals surface area contributed by atoms with Gasteiger partial charge >= 0.3 is 0 Å². The number of fused-ring (bicyclic) bond motifs is 2. The lowest BCUT2D eigenvalue weighted by Gasteiger charge is -2.22. The van der Waals surface area contributed by atoms with Gasteiger partial charge in [-0.2, -0.15) is 0 Å². The Hall–Kier alpha value is -3.60. The summed E-state index contributed by atoms with van der Waals surface area (Å²) >= 11 is 0. The lowest BCUT2D eigenvalue weighted by Crippen LogP contribution is -2.23. The summed E-state index contributed by atoms with van der Waals surface area (Å²) in [7, 11) is 0. The molecule has 4 rings (SSSR count). The number of nitrogens with two attached hydrogens (primary N) is 2. The Kier molecular flexibility index (Phi) is 3.51. The van der Waals surface area contributed by atoms with Crippen LogP contribution in [0.25, 0.3) is 0 Å². The predicted molar refractivity (Wildman–Crippen MR) is 103 cm³/mol. The van der Waals surface area contributed by atoms with E-state index < -0.39 is 0 Å². The van der Waals surface area contributed by atoms with Gasteiger partial charge in [0.05, 0.1) is 16.8 Å². The molecule has 128 valence electrons. The fraction of sp³-hybridized carbons (Fsp3) is 0.0476. The van der Waals surface area contributed by atoms with Crippen LogP contribution in [0, 0.1) is 6.92 Å². The second kappa shape index (κ2) is 5.74. The summed E-state index contributed by atoms with van der Waals surface area (Å²) in [5.41, 5.74) is 16.5. The van der Waals surface area contributed by atoms with Crippen molar-refractivity contribution in [3.05, 3.63) is 82.4 Å². The van der Waals surface area contributed by atoms with E-state index in [0.29, 0.717) is 33.8 Å². The summed E-state index contributed by atoms with van der Waals surface area (Å²) in [5.74, 6) is -0.452. The van der Waals surface area contributed by atoms with Crippen LogP contribution < -0.4 is 16.8 Å². The van der Waals surface area contributed by atoms with Crippen molar-refractivity contribution in [2.24, 2.45) is 0 Å². The third-order valence-corrected chi connectivity index (χ3v) is 4.75. The molecule has 0 radical (unpaired) electrons. The summed E-state index contributed by atoms with van der Waals surface area (Å²) in [6.07, 6.45) is 0. The van der Waals surface area contributed by atoms with Crippen molar-refractivity contribution in [1.82, 2.24) is 0 Å². The van der Waals surface area contributed by atoms with E-state index in [1.54, 1.807) is 36.4 Å². The van der Waals surface area contributed by atoms with Gasteiger partial charge < -0.3 is 16.8 Å². The molecule has 3 aromatic rings.